The Morgan fingerprint density at radius 1 is 1.22 bits per heavy atom. The Morgan fingerprint density at radius 3 is 2.81 bits per heavy atom. The van der Waals surface area contributed by atoms with Gasteiger partial charge in [0, 0.05) is 36.5 Å². The number of H-pyrrole nitrogens is 1. The number of likely N-dealkylation sites (tertiary alicyclic amines) is 1. The lowest BCUT2D eigenvalue weighted by molar-refractivity contribution is -0.120. The summed E-state index contributed by atoms with van der Waals surface area (Å²) in [4.78, 5) is 22.6. The number of aliphatic hydroxyl groups is 1. The van der Waals surface area contributed by atoms with Gasteiger partial charge in [0.05, 0.1) is 28.0 Å². The topological polar surface area (TPSA) is 103 Å². The molecular formula is C26H23ClFN5O3. The van der Waals surface area contributed by atoms with E-state index in [9.17, 15) is 14.3 Å². The molecule has 2 unspecified atom stereocenters. The van der Waals surface area contributed by atoms with E-state index in [0.717, 1.165) is 6.54 Å². The number of aromatic amines is 1. The van der Waals surface area contributed by atoms with Crippen molar-refractivity contribution in [2.75, 3.05) is 30.8 Å². The van der Waals surface area contributed by atoms with Gasteiger partial charge in [-0.25, -0.2) is 9.37 Å². The van der Waals surface area contributed by atoms with Gasteiger partial charge in [0.1, 0.15) is 34.6 Å². The molecule has 8 nitrogen and oxygen atoms in total. The van der Waals surface area contributed by atoms with E-state index >= 15 is 0 Å². The average molecular weight is 508 g/mol. The van der Waals surface area contributed by atoms with Gasteiger partial charge in [-0.05, 0) is 37.7 Å². The van der Waals surface area contributed by atoms with E-state index in [0.29, 0.717) is 63.0 Å². The second-order valence-corrected chi connectivity index (χ2v) is 9.72. The fourth-order valence-electron chi connectivity index (χ4n) is 5.01. The molecule has 1 amide bonds. The number of fused-ring (bicyclic) bond motifs is 3. The SMILES string of the molecule is CN1CCC2(C1)Nc1c(cnc3[nH]cc(C(O)c4ccc(Oc5cccc(F)c5)cc4Cl)c13)NC2=O. The van der Waals surface area contributed by atoms with Crippen molar-refractivity contribution in [2.45, 2.75) is 18.1 Å². The molecule has 4 N–H and O–H groups in total. The van der Waals surface area contributed by atoms with Crippen molar-refractivity contribution in [3.05, 3.63) is 76.8 Å². The standard InChI is InChI=1S/C26H23ClFN5O3/c1-33-8-7-26(13-33)25(35)31-20-12-30-24-21(22(20)32-26)18(11-29-24)23(34)17-6-5-16(10-19(17)27)36-15-4-2-3-14(28)9-15/h2-6,9-12,23,32,34H,7-8,13H2,1H3,(H,29,30)(H,31,35). The molecule has 2 aliphatic rings. The number of carbonyl (C=O) groups is 1. The van der Waals surface area contributed by atoms with E-state index in [1.165, 1.54) is 12.1 Å². The van der Waals surface area contributed by atoms with E-state index in [-0.39, 0.29) is 5.91 Å². The molecule has 0 saturated carbocycles. The van der Waals surface area contributed by atoms with Crippen molar-refractivity contribution >= 4 is 39.9 Å². The van der Waals surface area contributed by atoms with Crippen LogP contribution in [0.5, 0.6) is 11.5 Å². The van der Waals surface area contributed by atoms with Crippen LogP contribution in [-0.2, 0) is 4.79 Å². The van der Waals surface area contributed by atoms with Gasteiger partial charge in [-0.1, -0.05) is 23.7 Å². The number of nitrogens with one attached hydrogen (secondary N) is 3. The highest BCUT2D eigenvalue weighted by Crippen LogP contribution is 2.43. The van der Waals surface area contributed by atoms with E-state index in [1.807, 2.05) is 7.05 Å². The minimum atomic E-state index is -1.08. The summed E-state index contributed by atoms with van der Waals surface area (Å²) in [6.07, 6.45) is 2.89. The number of pyridine rings is 1. The maximum absolute atomic E-state index is 13.5. The highest BCUT2D eigenvalue weighted by atomic mass is 35.5. The van der Waals surface area contributed by atoms with Crippen LogP contribution in [0.25, 0.3) is 11.0 Å². The minimum Gasteiger partial charge on any atom is -0.457 e. The molecule has 6 rings (SSSR count). The van der Waals surface area contributed by atoms with Crippen LogP contribution in [0.1, 0.15) is 23.7 Å². The lowest BCUT2D eigenvalue weighted by Crippen LogP contribution is -2.54. The Labute approximate surface area is 211 Å². The summed E-state index contributed by atoms with van der Waals surface area (Å²) in [5.74, 6) is 0.261. The second-order valence-electron chi connectivity index (χ2n) is 9.31. The molecular weight excluding hydrogens is 485 g/mol. The minimum absolute atomic E-state index is 0.0879. The normalized spacial score (nSPS) is 20.3. The summed E-state index contributed by atoms with van der Waals surface area (Å²) in [5.41, 5.74) is 2.15. The zero-order chi connectivity index (χ0) is 25.0. The maximum atomic E-state index is 13.5. The highest BCUT2D eigenvalue weighted by molar-refractivity contribution is 6.31. The summed E-state index contributed by atoms with van der Waals surface area (Å²) in [7, 11) is 1.98. The number of amides is 1. The number of ether oxygens (including phenoxy) is 1. The summed E-state index contributed by atoms with van der Waals surface area (Å²) < 4.78 is 19.2. The van der Waals surface area contributed by atoms with Gasteiger partial charge in [0.15, 0.2) is 0 Å². The van der Waals surface area contributed by atoms with E-state index in [4.69, 9.17) is 16.3 Å². The molecule has 2 atom stereocenters. The number of hydrogen-bond acceptors (Lipinski definition) is 6. The number of benzene rings is 2. The van der Waals surface area contributed by atoms with Gasteiger partial charge in [-0.3, -0.25) is 4.79 Å². The molecule has 1 fully saturated rings. The summed E-state index contributed by atoms with van der Waals surface area (Å²) in [6, 6.07) is 10.7. The van der Waals surface area contributed by atoms with Crippen molar-refractivity contribution in [3.8, 4) is 11.5 Å². The number of halogens is 2. The molecule has 1 spiro atoms. The van der Waals surface area contributed by atoms with Gasteiger partial charge in [-0.2, -0.15) is 0 Å². The lowest BCUT2D eigenvalue weighted by atomic mass is 9.92. The monoisotopic (exact) mass is 507 g/mol. The highest BCUT2D eigenvalue weighted by Gasteiger charge is 2.47. The number of aliphatic hydroxyl groups excluding tert-OH is 1. The van der Waals surface area contributed by atoms with Crippen molar-refractivity contribution in [2.24, 2.45) is 0 Å². The van der Waals surface area contributed by atoms with Crippen molar-refractivity contribution in [1.82, 2.24) is 14.9 Å². The molecule has 184 valence electrons. The van der Waals surface area contributed by atoms with Gasteiger partial charge in [-0.15, -0.1) is 0 Å². The number of rotatable bonds is 4. The molecule has 0 radical (unpaired) electrons. The third-order valence-corrected chi connectivity index (χ3v) is 7.16. The number of anilines is 2. The number of nitrogens with zero attached hydrogens (tertiary/aromatic N) is 2. The summed E-state index contributed by atoms with van der Waals surface area (Å²) >= 11 is 6.55. The molecule has 0 bridgehead atoms. The largest absolute Gasteiger partial charge is 0.457 e. The Kier molecular flexibility index (Phi) is 5.36. The van der Waals surface area contributed by atoms with Crippen LogP contribution in [-0.4, -0.2) is 51.6 Å². The van der Waals surface area contributed by atoms with E-state index in [2.05, 4.69) is 25.5 Å². The molecule has 10 heteroatoms. The third-order valence-electron chi connectivity index (χ3n) is 6.83. The molecule has 36 heavy (non-hydrogen) atoms. The smallest absolute Gasteiger partial charge is 0.251 e. The summed E-state index contributed by atoms with van der Waals surface area (Å²) in [6.45, 7) is 1.37. The van der Waals surface area contributed by atoms with Gasteiger partial charge in [0.25, 0.3) is 5.91 Å². The fraction of sp³-hybridized carbons (Fsp3) is 0.231. The molecule has 2 aromatic carbocycles. The molecule has 2 aromatic heterocycles. The number of likely N-dealkylation sites (N-methyl/N-ethyl adjacent to an activating group) is 1. The van der Waals surface area contributed by atoms with Crippen LogP contribution in [0.3, 0.4) is 0 Å². The van der Waals surface area contributed by atoms with Gasteiger partial charge in [0.2, 0.25) is 0 Å². The first-order chi connectivity index (χ1) is 17.3. The van der Waals surface area contributed by atoms with Gasteiger partial charge >= 0.3 is 0 Å². The Hall–Kier alpha value is -3.66. The predicted molar refractivity (Wildman–Crippen MR) is 135 cm³/mol. The van der Waals surface area contributed by atoms with E-state index in [1.54, 1.807) is 42.7 Å². The van der Waals surface area contributed by atoms with Crippen LogP contribution in [0.2, 0.25) is 5.02 Å². The first-order valence-electron chi connectivity index (χ1n) is 11.5. The maximum Gasteiger partial charge on any atom is 0.251 e. The van der Waals surface area contributed by atoms with Crippen molar-refractivity contribution in [1.29, 1.82) is 0 Å². The zero-order valence-corrected chi connectivity index (χ0v) is 20.1. The first-order valence-corrected chi connectivity index (χ1v) is 11.9. The van der Waals surface area contributed by atoms with Crippen LogP contribution >= 0.6 is 11.6 Å². The Balaban J connectivity index is 1.36. The third kappa shape index (κ3) is 3.76. The van der Waals surface area contributed by atoms with E-state index < -0.39 is 17.5 Å². The number of carbonyl (C=O) groups excluding carboxylic acids is 1. The Morgan fingerprint density at radius 2 is 2.06 bits per heavy atom. The molecule has 4 heterocycles. The van der Waals surface area contributed by atoms with Crippen molar-refractivity contribution < 1.29 is 19.0 Å². The zero-order valence-electron chi connectivity index (χ0n) is 19.3. The van der Waals surface area contributed by atoms with Crippen molar-refractivity contribution in [3.63, 3.8) is 0 Å². The average Bonchev–Trinajstić information content (AvgIpc) is 3.44. The Bertz CT molecular complexity index is 1510. The summed E-state index contributed by atoms with van der Waals surface area (Å²) in [5, 5.41) is 18.8. The molecule has 2 aliphatic heterocycles. The number of aromatic nitrogens is 2. The fourth-order valence-corrected chi connectivity index (χ4v) is 5.29. The molecule has 4 aromatic rings. The lowest BCUT2D eigenvalue weighted by Gasteiger charge is -2.36. The number of hydrogen-bond donors (Lipinski definition) is 4. The second kappa shape index (κ2) is 8.48. The predicted octanol–water partition coefficient (Wildman–Crippen LogP) is 4.67. The van der Waals surface area contributed by atoms with Gasteiger partial charge < -0.3 is 30.4 Å². The quantitative estimate of drug-likeness (QED) is 0.320. The van der Waals surface area contributed by atoms with Crippen LogP contribution in [0.15, 0.2) is 54.9 Å². The first kappa shape index (κ1) is 22.8. The van der Waals surface area contributed by atoms with Crippen LogP contribution in [0, 0.1) is 5.82 Å². The molecule has 1 saturated heterocycles. The van der Waals surface area contributed by atoms with Crippen LogP contribution in [0.4, 0.5) is 15.8 Å². The van der Waals surface area contributed by atoms with Crippen LogP contribution < -0.4 is 15.4 Å². The molecule has 0 aliphatic carbocycles.